The lowest BCUT2D eigenvalue weighted by molar-refractivity contribution is 0.472. The van der Waals surface area contributed by atoms with Crippen LogP contribution >= 0.6 is 15.9 Å². The third-order valence-corrected chi connectivity index (χ3v) is 3.58. The molecule has 1 aromatic heterocycles. The Morgan fingerprint density at radius 1 is 1.35 bits per heavy atom. The largest absolute Gasteiger partial charge is 0.312 e. The number of aromatic nitrogens is 3. The van der Waals surface area contributed by atoms with Crippen molar-refractivity contribution in [2.45, 2.75) is 25.9 Å². The standard InChI is InChI=1S/C13H15BrF2N4/c1-3-20-12(18-7-19-20)6-11(17-2)13-9(15)4-8(14)5-10(13)16/h4-5,7,11,17H,3,6H2,1-2H3. The van der Waals surface area contributed by atoms with Crippen molar-refractivity contribution in [3.8, 4) is 0 Å². The van der Waals surface area contributed by atoms with E-state index in [9.17, 15) is 8.78 Å². The van der Waals surface area contributed by atoms with Gasteiger partial charge < -0.3 is 5.32 Å². The summed E-state index contributed by atoms with van der Waals surface area (Å²) in [7, 11) is 1.66. The fourth-order valence-electron chi connectivity index (χ4n) is 2.13. The highest BCUT2D eigenvalue weighted by Crippen LogP contribution is 2.26. The number of nitrogens with zero attached hydrogens (tertiary/aromatic N) is 3. The van der Waals surface area contributed by atoms with Gasteiger partial charge in [-0.15, -0.1) is 0 Å². The summed E-state index contributed by atoms with van der Waals surface area (Å²) < 4.78 is 30.1. The summed E-state index contributed by atoms with van der Waals surface area (Å²) in [5, 5.41) is 6.99. The molecular formula is C13H15BrF2N4. The highest BCUT2D eigenvalue weighted by Gasteiger charge is 2.22. The molecule has 0 bridgehead atoms. The Bertz CT molecular complexity index is 577. The van der Waals surface area contributed by atoms with Crippen LogP contribution in [-0.4, -0.2) is 21.8 Å². The van der Waals surface area contributed by atoms with Crippen molar-refractivity contribution >= 4 is 15.9 Å². The van der Waals surface area contributed by atoms with Gasteiger partial charge in [0.2, 0.25) is 0 Å². The molecule has 108 valence electrons. The van der Waals surface area contributed by atoms with Crippen LogP contribution in [0.1, 0.15) is 24.4 Å². The number of aryl methyl sites for hydroxylation is 1. The zero-order valence-corrected chi connectivity index (χ0v) is 12.8. The Labute approximate surface area is 124 Å². The van der Waals surface area contributed by atoms with Gasteiger partial charge in [-0.05, 0) is 26.1 Å². The van der Waals surface area contributed by atoms with Crippen molar-refractivity contribution in [2.75, 3.05) is 7.05 Å². The predicted molar refractivity (Wildman–Crippen MR) is 75.3 cm³/mol. The van der Waals surface area contributed by atoms with E-state index in [1.807, 2.05) is 6.92 Å². The number of likely N-dealkylation sites (N-methyl/N-ethyl adjacent to an activating group) is 1. The summed E-state index contributed by atoms with van der Waals surface area (Å²) in [6.45, 7) is 2.60. The van der Waals surface area contributed by atoms with Crippen molar-refractivity contribution in [3.63, 3.8) is 0 Å². The van der Waals surface area contributed by atoms with E-state index in [2.05, 4.69) is 31.3 Å². The number of rotatable bonds is 5. The van der Waals surface area contributed by atoms with Gasteiger partial charge in [-0.25, -0.2) is 13.8 Å². The number of halogens is 3. The predicted octanol–water partition coefficient (Wildman–Crippen LogP) is 2.84. The smallest absolute Gasteiger partial charge is 0.138 e. The molecule has 0 amide bonds. The normalized spacial score (nSPS) is 12.7. The van der Waals surface area contributed by atoms with Crippen molar-refractivity contribution in [1.29, 1.82) is 0 Å². The molecule has 0 aliphatic heterocycles. The minimum atomic E-state index is -0.584. The minimum absolute atomic E-state index is 0.0151. The van der Waals surface area contributed by atoms with Gasteiger partial charge in [0.15, 0.2) is 0 Å². The fourth-order valence-corrected chi connectivity index (χ4v) is 2.53. The van der Waals surface area contributed by atoms with Crippen molar-refractivity contribution in [3.05, 3.63) is 46.0 Å². The van der Waals surface area contributed by atoms with E-state index in [-0.39, 0.29) is 5.56 Å². The van der Waals surface area contributed by atoms with Crippen molar-refractivity contribution in [2.24, 2.45) is 0 Å². The van der Waals surface area contributed by atoms with E-state index in [1.54, 1.807) is 11.7 Å². The Morgan fingerprint density at radius 3 is 2.55 bits per heavy atom. The molecule has 0 saturated carbocycles. The van der Waals surface area contributed by atoms with Gasteiger partial charge in [0.25, 0.3) is 0 Å². The van der Waals surface area contributed by atoms with E-state index in [0.29, 0.717) is 23.3 Å². The summed E-state index contributed by atoms with van der Waals surface area (Å²) in [5.74, 6) is -0.480. The highest BCUT2D eigenvalue weighted by molar-refractivity contribution is 9.10. The Kier molecular flexibility index (Phi) is 4.82. The molecule has 0 saturated heterocycles. The summed E-state index contributed by atoms with van der Waals surface area (Å²) in [5.41, 5.74) is 0.0151. The third kappa shape index (κ3) is 3.04. The molecule has 1 atom stereocenters. The number of hydrogen-bond donors (Lipinski definition) is 1. The quantitative estimate of drug-likeness (QED) is 0.906. The van der Waals surface area contributed by atoms with Crippen molar-refractivity contribution < 1.29 is 8.78 Å². The van der Waals surface area contributed by atoms with Gasteiger partial charge in [-0.1, -0.05) is 15.9 Å². The van der Waals surface area contributed by atoms with Gasteiger partial charge in [0, 0.05) is 29.0 Å². The van der Waals surface area contributed by atoms with Gasteiger partial charge >= 0.3 is 0 Å². The summed E-state index contributed by atoms with van der Waals surface area (Å²) >= 11 is 3.07. The van der Waals surface area contributed by atoms with E-state index in [0.717, 1.165) is 0 Å². The fraction of sp³-hybridized carbons (Fsp3) is 0.385. The molecule has 0 aliphatic carbocycles. The molecule has 20 heavy (non-hydrogen) atoms. The van der Waals surface area contributed by atoms with Gasteiger partial charge in [-0.2, -0.15) is 5.10 Å². The number of hydrogen-bond acceptors (Lipinski definition) is 3. The van der Waals surface area contributed by atoms with E-state index in [1.165, 1.54) is 18.5 Å². The second kappa shape index (κ2) is 6.41. The zero-order chi connectivity index (χ0) is 14.7. The molecule has 0 spiro atoms. The van der Waals surface area contributed by atoms with Crippen LogP contribution in [0, 0.1) is 11.6 Å². The first-order valence-corrected chi connectivity index (χ1v) is 7.04. The van der Waals surface area contributed by atoms with Crippen LogP contribution < -0.4 is 5.32 Å². The Morgan fingerprint density at radius 2 is 2.00 bits per heavy atom. The Balaban J connectivity index is 2.34. The number of nitrogens with one attached hydrogen (secondary N) is 1. The molecule has 1 unspecified atom stereocenters. The van der Waals surface area contributed by atoms with E-state index < -0.39 is 17.7 Å². The van der Waals surface area contributed by atoms with E-state index >= 15 is 0 Å². The molecule has 1 N–H and O–H groups in total. The first-order valence-electron chi connectivity index (χ1n) is 6.25. The lowest BCUT2D eigenvalue weighted by atomic mass is 10.0. The molecular weight excluding hydrogens is 330 g/mol. The van der Waals surface area contributed by atoms with Crippen LogP contribution in [0.5, 0.6) is 0 Å². The summed E-state index contributed by atoms with van der Waals surface area (Å²) in [6, 6.07) is 2.01. The highest BCUT2D eigenvalue weighted by atomic mass is 79.9. The summed E-state index contributed by atoms with van der Waals surface area (Å²) in [6.07, 6.45) is 1.81. The van der Waals surface area contributed by atoms with Crippen LogP contribution in [0.4, 0.5) is 8.78 Å². The second-order valence-electron chi connectivity index (χ2n) is 4.32. The van der Waals surface area contributed by atoms with Crippen LogP contribution in [0.3, 0.4) is 0 Å². The lowest BCUT2D eigenvalue weighted by Crippen LogP contribution is -2.23. The van der Waals surface area contributed by atoms with Gasteiger partial charge in [0.05, 0.1) is 0 Å². The van der Waals surface area contributed by atoms with E-state index in [4.69, 9.17) is 0 Å². The third-order valence-electron chi connectivity index (χ3n) is 3.12. The van der Waals surface area contributed by atoms with Gasteiger partial charge in [0.1, 0.15) is 23.8 Å². The lowest BCUT2D eigenvalue weighted by Gasteiger charge is -2.18. The monoisotopic (exact) mass is 344 g/mol. The maximum atomic E-state index is 14.0. The van der Waals surface area contributed by atoms with Crippen LogP contribution in [-0.2, 0) is 13.0 Å². The van der Waals surface area contributed by atoms with Crippen LogP contribution in [0.15, 0.2) is 22.9 Å². The molecule has 1 heterocycles. The molecule has 7 heteroatoms. The maximum absolute atomic E-state index is 14.0. The molecule has 2 rings (SSSR count). The molecule has 4 nitrogen and oxygen atoms in total. The van der Waals surface area contributed by atoms with Gasteiger partial charge in [-0.3, -0.25) is 4.68 Å². The summed E-state index contributed by atoms with van der Waals surface area (Å²) in [4.78, 5) is 4.13. The molecule has 0 radical (unpaired) electrons. The Hall–Kier alpha value is -1.34. The van der Waals surface area contributed by atoms with Crippen LogP contribution in [0.25, 0.3) is 0 Å². The SMILES string of the molecule is CCn1ncnc1CC(NC)c1c(F)cc(Br)cc1F. The zero-order valence-electron chi connectivity index (χ0n) is 11.2. The molecule has 0 aliphatic rings. The number of benzene rings is 1. The topological polar surface area (TPSA) is 42.7 Å². The minimum Gasteiger partial charge on any atom is -0.312 e. The molecule has 0 fully saturated rings. The first-order chi connectivity index (χ1) is 9.56. The molecule has 2 aromatic rings. The average Bonchev–Trinajstić information content (AvgIpc) is 2.83. The second-order valence-corrected chi connectivity index (χ2v) is 5.24. The maximum Gasteiger partial charge on any atom is 0.138 e. The average molecular weight is 345 g/mol. The molecule has 1 aromatic carbocycles. The first kappa shape index (κ1) is 15.1. The van der Waals surface area contributed by atoms with Crippen LogP contribution in [0.2, 0.25) is 0 Å². The van der Waals surface area contributed by atoms with Crippen molar-refractivity contribution in [1.82, 2.24) is 20.1 Å².